The Morgan fingerprint density at radius 2 is 1.84 bits per heavy atom. The molecule has 1 aromatic carbocycles. The standard InChI is InChI=1S/C34H43F2N7O2/c1-22(44)41-14-8-29-28(18-41)33(39-43(29)25-6-12-40(13-7-25)24-4-9-34(10-5-24)19-38-20-34)42-11-2-3-23-15-26(31-17-37-21-45-31)27(32(35)36)16-30(23)42/h15-17,21,24-25,32,38H,2-14,18-20H2,1H3. The van der Waals surface area contributed by atoms with Crippen LogP contribution < -0.4 is 10.2 Å². The number of carbonyl (C=O) groups is 1. The summed E-state index contributed by atoms with van der Waals surface area (Å²) in [6, 6.07) is 4.46. The van der Waals surface area contributed by atoms with Crippen LogP contribution in [0.5, 0.6) is 0 Å². The first-order valence-electron chi connectivity index (χ1n) is 16.8. The average molecular weight is 620 g/mol. The summed E-state index contributed by atoms with van der Waals surface area (Å²) in [6.45, 7) is 8.05. The van der Waals surface area contributed by atoms with E-state index in [9.17, 15) is 13.6 Å². The van der Waals surface area contributed by atoms with Gasteiger partial charge in [0.1, 0.15) is 0 Å². The number of aromatic nitrogens is 3. The van der Waals surface area contributed by atoms with Crippen molar-refractivity contribution in [2.24, 2.45) is 5.41 Å². The molecular weight excluding hydrogens is 576 g/mol. The molecule has 3 aromatic rings. The zero-order valence-electron chi connectivity index (χ0n) is 26.1. The molecule has 1 aliphatic carbocycles. The number of piperidine rings is 1. The minimum absolute atomic E-state index is 0.0512. The molecule has 0 bridgehead atoms. The number of likely N-dealkylation sites (tertiary alicyclic amines) is 1. The van der Waals surface area contributed by atoms with Crippen molar-refractivity contribution < 1.29 is 18.0 Å². The van der Waals surface area contributed by atoms with Gasteiger partial charge in [0, 0.05) is 86.7 Å². The second-order valence-electron chi connectivity index (χ2n) is 14.0. The number of alkyl halides is 2. The number of oxazole rings is 1. The number of aryl methyl sites for hydroxylation is 1. The predicted octanol–water partition coefficient (Wildman–Crippen LogP) is 5.63. The Hall–Kier alpha value is -3.31. The Morgan fingerprint density at radius 1 is 1.04 bits per heavy atom. The summed E-state index contributed by atoms with van der Waals surface area (Å²) >= 11 is 0. The van der Waals surface area contributed by atoms with Gasteiger partial charge in [-0.1, -0.05) is 0 Å². The average Bonchev–Trinajstić information content (AvgIpc) is 3.72. The molecule has 9 nitrogen and oxygen atoms in total. The van der Waals surface area contributed by atoms with Gasteiger partial charge < -0.3 is 24.4 Å². The topological polar surface area (TPSA) is 82.7 Å². The van der Waals surface area contributed by atoms with Gasteiger partial charge in [0.25, 0.3) is 6.43 Å². The molecule has 2 saturated heterocycles. The van der Waals surface area contributed by atoms with E-state index >= 15 is 0 Å². The molecule has 1 N–H and O–H groups in total. The largest absolute Gasteiger partial charge is 0.444 e. The summed E-state index contributed by atoms with van der Waals surface area (Å²) in [5, 5.41) is 8.80. The van der Waals surface area contributed by atoms with Crippen LogP contribution in [0.3, 0.4) is 0 Å². The summed E-state index contributed by atoms with van der Waals surface area (Å²) in [4.78, 5) is 23.2. The molecule has 45 heavy (non-hydrogen) atoms. The van der Waals surface area contributed by atoms with E-state index in [-0.39, 0.29) is 11.5 Å². The fourth-order valence-corrected chi connectivity index (χ4v) is 8.74. The number of nitrogens with zero attached hydrogens (tertiary/aromatic N) is 6. The highest BCUT2D eigenvalue weighted by Crippen LogP contribution is 2.45. The van der Waals surface area contributed by atoms with Gasteiger partial charge in [-0.25, -0.2) is 13.8 Å². The van der Waals surface area contributed by atoms with Crippen LogP contribution in [0.15, 0.2) is 29.1 Å². The van der Waals surface area contributed by atoms with Crippen molar-refractivity contribution in [1.29, 1.82) is 0 Å². The highest BCUT2D eigenvalue weighted by atomic mass is 19.3. The third-order valence-corrected chi connectivity index (χ3v) is 11.4. The first-order valence-corrected chi connectivity index (χ1v) is 16.8. The van der Waals surface area contributed by atoms with E-state index < -0.39 is 6.43 Å². The van der Waals surface area contributed by atoms with Crippen molar-refractivity contribution in [3.8, 4) is 11.3 Å². The fraction of sp³-hybridized carbons (Fsp3) is 0.618. The van der Waals surface area contributed by atoms with Gasteiger partial charge in [-0.05, 0) is 74.5 Å². The van der Waals surface area contributed by atoms with Crippen LogP contribution in [0.2, 0.25) is 0 Å². The van der Waals surface area contributed by atoms with Gasteiger partial charge in [-0.15, -0.1) is 0 Å². The number of fused-ring (bicyclic) bond motifs is 2. The molecule has 240 valence electrons. The van der Waals surface area contributed by atoms with E-state index in [1.54, 1.807) is 13.0 Å². The third-order valence-electron chi connectivity index (χ3n) is 11.4. The van der Waals surface area contributed by atoms with Gasteiger partial charge >= 0.3 is 0 Å². The van der Waals surface area contributed by atoms with Crippen LogP contribution in [-0.4, -0.2) is 75.8 Å². The maximum absolute atomic E-state index is 14.5. The van der Waals surface area contributed by atoms with E-state index in [1.165, 1.54) is 57.1 Å². The quantitative estimate of drug-likeness (QED) is 0.396. The summed E-state index contributed by atoms with van der Waals surface area (Å²) in [5.41, 5.74) is 4.95. The molecule has 6 heterocycles. The van der Waals surface area contributed by atoms with Crippen molar-refractivity contribution in [2.45, 2.75) is 89.8 Å². The minimum atomic E-state index is -2.66. The zero-order valence-corrected chi connectivity index (χ0v) is 26.1. The van der Waals surface area contributed by atoms with Crippen LogP contribution >= 0.6 is 0 Å². The first-order chi connectivity index (χ1) is 21.9. The molecule has 1 saturated carbocycles. The Morgan fingerprint density at radius 3 is 2.51 bits per heavy atom. The second kappa shape index (κ2) is 11.5. The summed E-state index contributed by atoms with van der Waals surface area (Å²) in [7, 11) is 0. The van der Waals surface area contributed by atoms with Crippen molar-refractivity contribution in [3.63, 3.8) is 0 Å². The van der Waals surface area contributed by atoms with Crippen LogP contribution in [0.1, 0.15) is 86.7 Å². The number of hydrogen-bond acceptors (Lipinski definition) is 7. The number of rotatable bonds is 5. The Kier molecular flexibility index (Phi) is 7.43. The SMILES string of the molecule is CC(=O)N1CCc2c(c(N3CCCc4cc(-c5cnco5)c(C(F)F)cc43)nn2C2CCN(C3CCC4(CC3)CNC4)CC2)C1. The predicted molar refractivity (Wildman–Crippen MR) is 167 cm³/mol. The minimum Gasteiger partial charge on any atom is -0.444 e. The number of amides is 1. The zero-order chi connectivity index (χ0) is 30.7. The number of hydrogen-bond donors (Lipinski definition) is 1. The monoisotopic (exact) mass is 619 g/mol. The summed E-state index contributed by atoms with van der Waals surface area (Å²) < 4.78 is 36.6. The first kappa shape index (κ1) is 29.1. The van der Waals surface area contributed by atoms with Gasteiger partial charge in [0.05, 0.1) is 18.8 Å². The molecule has 0 unspecified atom stereocenters. The third kappa shape index (κ3) is 5.16. The number of nitrogens with one attached hydrogen (secondary N) is 1. The molecule has 4 aliphatic heterocycles. The fourth-order valence-electron chi connectivity index (χ4n) is 8.74. The summed E-state index contributed by atoms with van der Waals surface area (Å²) in [6.07, 6.45) is 9.95. The lowest BCUT2D eigenvalue weighted by Gasteiger charge is -2.50. The van der Waals surface area contributed by atoms with E-state index in [1.807, 2.05) is 11.0 Å². The molecule has 5 aliphatic rings. The lowest BCUT2D eigenvalue weighted by molar-refractivity contribution is -0.129. The maximum Gasteiger partial charge on any atom is 0.264 e. The number of benzene rings is 1. The van der Waals surface area contributed by atoms with Crippen LogP contribution in [-0.2, 0) is 24.2 Å². The van der Waals surface area contributed by atoms with Gasteiger partial charge in [0.2, 0.25) is 5.91 Å². The Bertz CT molecular complexity index is 1550. The van der Waals surface area contributed by atoms with E-state index in [0.29, 0.717) is 48.5 Å². The van der Waals surface area contributed by atoms with Crippen molar-refractivity contribution in [3.05, 3.63) is 47.1 Å². The van der Waals surface area contributed by atoms with Gasteiger partial charge in [0.15, 0.2) is 18.0 Å². The number of carbonyl (C=O) groups excluding carboxylic acids is 1. The Labute approximate surface area is 262 Å². The Balaban J connectivity index is 1.09. The molecule has 0 radical (unpaired) electrons. The lowest BCUT2D eigenvalue weighted by atomic mass is 9.68. The molecule has 8 rings (SSSR count). The van der Waals surface area contributed by atoms with Gasteiger partial charge in [-0.3, -0.25) is 9.48 Å². The van der Waals surface area contributed by atoms with Gasteiger partial charge in [-0.2, -0.15) is 5.10 Å². The number of halogens is 2. The van der Waals surface area contributed by atoms with Crippen LogP contribution in [0, 0.1) is 5.41 Å². The number of anilines is 2. The molecular formula is C34H43F2N7O2. The van der Waals surface area contributed by atoms with Crippen molar-refractivity contribution in [2.75, 3.05) is 44.2 Å². The molecule has 2 aromatic heterocycles. The van der Waals surface area contributed by atoms with Crippen LogP contribution in [0.4, 0.5) is 20.3 Å². The molecule has 3 fully saturated rings. The normalized spacial score (nSPS) is 22.5. The summed E-state index contributed by atoms with van der Waals surface area (Å²) in [5.74, 6) is 1.22. The molecule has 0 atom stereocenters. The van der Waals surface area contributed by atoms with E-state index in [2.05, 4.69) is 24.8 Å². The molecule has 11 heteroatoms. The van der Waals surface area contributed by atoms with E-state index in [0.717, 1.165) is 67.8 Å². The maximum atomic E-state index is 14.5. The molecule has 1 spiro atoms. The van der Waals surface area contributed by atoms with Crippen molar-refractivity contribution >= 4 is 17.4 Å². The highest BCUT2D eigenvalue weighted by molar-refractivity contribution is 5.77. The van der Waals surface area contributed by atoms with Crippen LogP contribution in [0.25, 0.3) is 11.3 Å². The van der Waals surface area contributed by atoms with Crippen molar-refractivity contribution in [1.82, 2.24) is 29.9 Å². The smallest absolute Gasteiger partial charge is 0.264 e. The second-order valence-corrected chi connectivity index (χ2v) is 14.0. The lowest BCUT2D eigenvalue weighted by Crippen LogP contribution is -2.57. The van der Waals surface area contributed by atoms with E-state index in [4.69, 9.17) is 9.52 Å². The highest BCUT2D eigenvalue weighted by Gasteiger charge is 2.42. The molecule has 1 amide bonds.